The first-order valence-corrected chi connectivity index (χ1v) is 41.2. The number of aliphatic hydroxyl groups excluding tert-OH is 1. The molecule has 0 bridgehead atoms. The molecule has 9 saturated heterocycles. The zero-order valence-electron chi connectivity index (χ0n) is 67.1. The number of hydrogen-bond acceptors (Lipinski definition) is 19. The van der Waals surface area contributed by atoms with E-state index in [1.807, 2.05) is 23.5 Å². The third-order valence-corrected chi connectivity index (χ3v) is 25.6. The number of aliphatic hydroxyl groups is 3. The maximum atomic E-state index is 12.0. The number of carbonyl (C=O) groups is 3. The third-order valence-electron chi connectivity index (χ3n) is 23.3. The van der Waals surface area contributed by atoms with Crippen molar-refractivity contribution in [3.05, 3.63) is 22.7 Å². The fourth-order valence-corrected chi connectivity index (χ4v) is 20.4. The molecule has 2 amide bonds. The van der Waals surface area contributed by atoms with E-state index >= 15 is 0 Å². The van der Waals surface area contributed by atoms with Crippen molar-refractivity contribution in [3.8, 4) is 0 Å². The van der Waals surface area contributed by atoms with Crippen LogP contribution in [0.1, 0.15) is 293 Å². The molecule has 22 nitrogen and oxygen atoms in total. The summed E-state index contributed by atoms with van der Waals surface area (Å²) in [7, 11) is -1.55. The zero-order valence-corrected chi connectivity index (χ0v) is 77.9. The first-order chi connectivity index (χ1) is 47.0. The Bertz CT molecular complexity index is 2610. The minimum absolute atomic E-state index is 0. The van der Waals surface area contributed by atoms with Crippen molar-refractivity contribution in [2.45, 2.75) is 364 Å². The molecular formula is C74H145B2ClKN7NaO15PS5. The fraction of sp³-hybridized carbons (Fsp3) is 0.905. The van der Waals surface area contributed by atoms with Gasteiger partial charge in [0.15, 0.2) is 0 Å². The standard InChI is InChI=1S/C14H21N3O4.C11H22BNO2.C11H17NO2.C11H20O.C10H17ClNOP.C8H16BNO2.2C4H8O.CH4.K.Na.H2O.5H2S.H/c1-4-10-9(18)7-12(21-10)17-6-5-11(16-14(17)20)15-13(19)8(2)3;1-12(15)13-8-4-5-10(13)9-11(14)6-2-3-7-11;13-10-12-7-3-4-9(12)8-11(14-10)5-1-2-6-11;12-11(7-3-4-8-11)9-10-5-1-2-6-10;11-14-12-7-3-4-9(12)8-10(13-14)5-1-2-6-10;1-7(11)6-8-4-3-5-10(8)9(2)12;2*1-2-4-5-3-1;;;;;;;;;;/h5-6,8-10,12,18H,4,7H2,1-3H3,(H,15,16,19,20);10,14-15H,2-9H2,1H3;9H,1-8H2;10,12H,1-9H2;9H,1-8H2;8,12H,3-6H2,1-2H3;2*1-4H2;1H4;;;6*1H2;/q;;;;;;;;;2*+1;;;;;;;-1/p-1/t9?,10-,12-;10-;9-;;9-,14?;8-;;;;;;;;;;;;/m100.00............/s1. The number of ether oxygens (including phenoxy) is 4. The Morgan fingerprint density at radius 2 is 1.14 bits per heavy atom. The largest absolute Gasteiger partial charge is 1.00 e. The summed E-state index contributed by atoms with van der Waals surface area (Å²) in [5.41, 5.74) is -1.04. The zero-order chi connectivity index (χ0) is 70.3. The molecule has 2 spiro atoms. The van der Waals surface area contributed by atoms with Gasteiger partial charge in [-0.3, -0.25) is 14.2 Å². The Hall–Kier alpha value is 2.01. The average molecular weight is 1680 g/mol. The van der Waals surface area contributed by atoms with E-state index in [0.29, 0.717) is 31.3 Å². The first kappa shape index (κ1) is 111. The van der Waals surface area contributed by atoms with Gasteiger partial charge in [0.1, 0.15) is 23.4 Å². The molecule has 9 aliphatic heterocycles. The molecule has 1 aromatic heterocycles. The molecule has 5 aliphatic carbocycles. The van der Waals surface area contributed by atoms with Crippen LogP contribution in [0.2, 0.25) is 13.6 Å². The van der Waals surface area contributed by atoms with Crippen molar-refractivity contribution in [1.29, 1.82) is 0 Å². The van der Waals surface area contributed by atoms with Gasteiger partial charge in [0.2, 0.25) is 13.6 Å². The van der Waals surface area contributed by atoms with Crippen LogP contribution in [-0.2, 0) is 33.1 Å². The maximum absolute atomic E-state index is 12.0. The third kappa shape index (κ3) is 35.8. The van der Waals surface area contributed by atoms with Gasteiger partial charge in [-0.1, -0.05) is 92.4 Å². The molecular weight excluding hydrogens is 1540 g/mol. The minimum Gasteiger partial charge on any atom is -1.00 e. The Labute approximate surface area is 752 Å². The molecule has 14 fully saturated rings. The Balaban J connectivity index is -0.00000118. The Morgan fingerprint density at radius 3 is 1.62 bits per heavy atom. The van der Waals surface area contributed by atoms with Gasteiger partial charge in [-0.2, -0.15) is 72.5 Å². The summed E-state index contributed by atoms with van der Waals surface area (Å²) < 4.78 is 31.0. The van der Waals surface area contributed by atoms with E-state index in [1.165, 1.54) is 139 Å². The van der Waals surface area contributed by atoms with E-state index in [9.17, 15) is 44.5 Å². The number of nitrogens with zero attached hydrogens (tertiary/aromatic N) is 6. The van der Waals surface area contributed by atoms with Crippen LogP contribution in [0.25, 0.3) is 0 Å². The van der Waals surface area contributed by atoms with E-state index in [0.717, 1.165) is 167 Å². The second-order valence-electron chi connectivity index (χ2n) is 31.6. The predicted octanol–water partition coefficient (Wildman–Crippen LogP) is 8.26. The van der Waals surface area contributed by atoms with Crippen LogP contribution in [0.5, 0.6) is 0 Å². The van der Waals surface area contributed by atoms with Gasteiger partial charge in [0.05, 0.1) is 29.0 Å². The van der Waals surface area contributed by atoms with E-state index in [1.54, 1.807) is 33.7 Å². The Kier molecular flexibility index (Phi) is 58.6. The molecule has 14 aliphatic rings. The van der Waals surface area contributed by atoms with Crippen molar-refractivity contribution in [3.63, 3.8) is 0 Å². The number of anilines is 1. The predicted molar refractivity (Wildman–Crippen MR) is 450 cm³/mol. The van der Waals surface area contributed by atoms with Crippen LogP contribution in [0.15, 0.2) is 17.1 Å². The second kappa shape index (κ2) is 56.5. The van der Waals surface area contributed by atoms with Crippen molar-refractivity contribution in [2.75, 3.05) is 57.9 Å². The van der Waals surface area contributed by atoms with Crippen LogP contribution in [0.3, 0.4) is 0 Å². The van der Waals surface area contributed by atoms with E-state index in [2.05, 4.69) is 19.8 Å². The number of amides is 2. The average Bonchev–Trinajstić information content (AvgIpc) is 1.62. The van der Waals surface area contributed by atoms with E-state index < -0.39 is 38.3 Å². The van der Waals surface area contributed by atoms with E-state index in [-0.39, 0.29) is 228 Å². The molecule has 33 heteroatoms. The number of Topliss-reactive ketones (excluding diaryl/α,β-unsaturated/α-hetero) is 1. The van der Waals surface area contributed by atoms with Gasteiger partial charge >= 0.3 is 107 Å². The van der Waals surface area contributed by atoms with Crippen molar-refractivity contribution < 1.29 is 151 Å². The second-order valence-corrected chi connectivity index (χ2v) is 33.6. The number of halogens is 1. The van der Waals surface area contributed by atoms with Crippen LogP contribution in [-0.4, -0.2) is 203 Å². The summed E-state index contributed by atoms with van der Waals surface area (Å²) in [5.74, 6) is 0.910. The summed E-state index contributed by atoms with van der Waals surface area (Å²) in [5, 5.41) is 51.9. The smallest absolute Gasteiger partial charge is 1.00 e. The summed E-state index contributed by atoms with van der Waals surface area (Å²) >= 11 is 6.36. The summed E-state index contributed by atoms with van der Waals surface area (Å²) in [6.45, 7) is 18.6. The first-order valence-electron chi connectivity index (χ1n) is 39.1. The maximum Gasteiger partial charge on any atom is 1.00 e. The van der Waals surface area contributed by atoms with Crippen LogP contribution in [0.4, 0.5) is 10.6 Å². The number of nitrogens with one attached hydrogen (secondary N) is 1. The van der Waals surface area contributed by atoms with Crippen LogP contribution in [0, 0.1) is 11.8 Å². The number of hydrogen-bond donors (Lipinski definition) is 6. The van der Waals surface area contributed by atoms with Gasteiger partial charge in [-0.15, -0.1) is 0 Å². The number of rotatable bonds is 12. The molecule has 107 heavy (non-hydrogen) atoms. The fourth-order valence-electron chi connectivity index (χ4n) is 17.9. The molecule has 8 atom stereocenters. The van der Waals surface area contributed by atoms with Crippen molar-refractivity contribution in [2.24, 2.45) is 11.8 Å². The van der Waals surface area contributed by atoms with Crippen LogP contribution < -0.4 is 91.9 Å². The van der Waals surface area contributed by atoms with Crippen molar-refractivity contribution in [1.82, 2.24) is 28.7 Å². The molecule has 5 saturated carbocycles. The van der Waals surface area contributed by atoms with Gasteiger partial charge < -0.3 is 75.6 Å². The van der Waals surface area contributed by atoms with Crippen molar-refractivity contribution >= 4 is 124 Å². The molecule has 0 aromatic carbocycles. The monoisotopic (exact) mass is 1680 g/mol. The summed E-state index contributed by atoms with van der Waals surface area (Å²) in [4.78, 5) is 56.1. The molecule has 15 rings (SSSR count). The molecule has 616 valence electrons. The van der Waals surface area contributed by atoms with Gasteiger partial charge in [0, 0.05) is 95.1 Å². The molecule has 2 unspecified atom stereocenters. The number of aromatic nitrogens is 2. The van der Waals surface area contributed by atoms with Gasteiger partial charge in [0.25, 0.3) is 0 Å². The molecule has 10 heterocycles. The molecule has 7 N–H and O–H groups in total. The number of carbonyl (C=O) groups excluding carboxylic acids is 3. The SMILES string of the molecule is C.C1CCOC1.C1CCOC1.CB(O)N1CCC[C@H]1CC(C)=O.CB(O)N1CCC[C@H]1CC1(O)CCCC1.CC[C@H]1O[C@@H](n2ccc(NC(=O)C(C)C)nc2=O)CC1O.ClP1OC2(CCCC2)C[C@@H]2CCCN21.O=C1OC2(CCCC2)C[C@@H]2CCCN12.OC1(CC2CCCC2)CCCC1.S.S.S.S.S.[H-].[K+].[Na+].[OH-]. The minimum atomic E-state index is -0.786. The topological polar surface area (TPSA) is 288 Å². The summed E-state index contributed by atoms with van der Waals surface area (Å²) in [6, 6.07) is 3.46. The molecule has 1 aromatic rings. The van der Waals surface area contributed by atoms with E-state index in [4.69, 9.17) is 34.7 Å². The number of fused-ring (bicyclic) bond motifs is 2. The number of ketones is 1. The van der Waals surface area contributed by atoms with Gasteiger partial charge in [-0.25, -0.2) is 14.3 Å². The van der Waals surface area contributed by atoms with Crippen LogP contribution >= 0.6 is 86.4 Å². The normalized spacial score (nSPS) is 27.6. The quantitative estimate of drug-likeness (QED) is 0.0848. The Morgan fingerprint density at radius 1 is 0.673 bits per heavy atom. The van der Waals surface area contributed by atoms with Gasteiger partial charge in [-0.05, 0) is 224 Å². The molecule has 0 radical (unpaired) electrons. The summed E-state index contributed by atoms with van der Waals surface area (Å²) in [6.07, 6.45) is 44.9.